The first-order valence-electron chi connectivity index (χ1n) is 11.3. The molecule has 6 rings (SSSR count). The molecule has 154 valence electrons. The Morgan fingerprint density at radius 2 is 2.03 bits per heavy atom. The van der Waals surface area contributed by atoms with Gasteiger partial charge >= 0.3 is 0 Å². The molecule has 1 N–H and O–H groups in total. The Balaban J connectivity index is 1.25. The molecule has 2 fully saturated rings. The summed E-state index contributed by atoms with van der Waals surface area (Å²) in [4.78, 5) is 6.96. The summed E-state index contributed by atoms with van der Waals surface area (Å²) in [5, 5.41) is 13.6. The highest BCUT2D eigenvalue weighted by molar-refractivity contribution is 5.90. The van der Waals surface area contributed by atoms with Crippen LogP contribution in [0.2, 0.25) is 0 Å². The van der Waals surface area contributed by atoms with E-state index < -0.39 is 6.10 Å². The van der Waals surface area contributed by atoms with Crippen molar-refractivity contribution >= 4 is 16.8 Å². The van der Waals surface area contributed by atoms with Crippen LogP contribution < -0.4 is 0 Å². The Morgan fingerprint density at radius 3 is 2.83 bits per heavy atom. The molecule has 0 spiro atoms. The second-order valence-electron chi connectivity index (χ2n) is 9.40. The highest BCUT2D eigenvalue weighted by Crippen LogP contribution is 2.55. The van der Waals surface area contributed by atoms with Crippen molar-refractivity contribution in [1.82, 2.24) is 14.5 Å². The van der Waals surface area contributed by atoms with E-state index in [1.807, 2.05) is 17.8 Å². The summed E-state index contributed by atoms with van der Waals surface area (Å²) in [6.45, 7) is 3.09. The molecule has 2 aromatic carbocycles. The molecule has 0 amide bonds. The molecule has 4 nitrogen and oxygen atoms in total. The number of allylic oxidation sites excluding steroid dienone is 1. The van der Waals surface area contributed by atoms with Crippen molar-refractivity contribution in [1.29, 1.82) is 0 Å². The van der Waals surface area contributed by atoms with Gasteiger partial charge < -0.3 is 9.67 Å². The smallest absolute Gasteiger partial charge is 0.137 e. The normalized spacial score (nSPS) is 24.6. The van der Waals surface area contributed by atoms with Crippen LogP contribution >= 0.6 is 0 Å². The third-order valence-corrected chi connectivity index (χ3v) is 7.55. The molecule has 2 heterocycles. The molecule has 1 aliphatic heterocycles. The molecule has 1 saturated heterocycles. The van der Waals surface area contributed by atoms with Gasteiger partial charge in [-0.2, -0.15) is 0 Å². The number of fused-ring (bicyclic) bond motifs is 4. The Bertz CT molecular complexity index is 1120. The first kappa shape index (κ1) is 18.3. The van der Waals surface area contributed by atoms with E-state index in [2.05, 4.69) is 52.4 Å². The second-order valence-corrected chi connectivity index (χ2v) is 9.40. The van der Waals surface area contributed by atoms with E-state index in [9.17, 15) is 5.11 Å². The van der Waals surface area contributed by atoms with Crippen molar-refractivity contribution in [3.8, 4) is 0 Å². The monoisotopic (exact) mass is 399 g/mol. The maximum atomic E-state index is 10.8. The summed E-state index contributed by atoms with van der Waals surface area (Å²) in [6.07, 6.45) is 11.3. The molecular weight excluding hydrogens is 370 g/mol. The largest absolute Gasteiger partial charge is 0.385 e. The number of aliphatic hydroxyl groups excluding tert-OH is 1. The van der Waals surface area contributed by atoms with Gasteiger partial charge in [-0.25, -0.2) is 4.98 Å². The van der Waals surface area contributed by atoms with Gasteiger partial charge in [0, 0.05) is 26.0 Å². The fourth-order valence-electron chi connectivity index (χ4n) is 5.72. The molecule has 0 radical (unpaired) electrons. The minimum atomic E-state index is -0.463. The number of imidazole rings is 1. The third kappa shape index (κ3) is 3.01. The van der Waals surface area contributed by atoms with Crippen LogP contribution in [0.5, 0.6) is 0 Å². The molecular formula is C26H29N3O. The molecule has 3 aromatic rings. The molecule has 4 heteroatoms. The first-order chi connectivity index (χ1) is 14.7. The standard InChI is InChI=1S/C26H29N3O/c1-28-13-10-27-26(28)25(30)17-8-11-29(12-9-17)16-23-21-5-3-2-4-18(21)14-20-7-6-19-15-22(19)24(20)23/h2-7,10,13-14,17,19,22,25,30H,8-9,11-12,15-16H2,1H3. The van der Waals surface area contributed by atoms with Crippen LogP contribution in [0.25, 0.3) is 16.8 Å². The topological polar surface area (TPSA) is 41.3 Å². The van der Waals surface area contributed by atoms with Crippen molar-refractivity contribution in [2.24, 2.45) is 18.9 Å². The van der Waals surface area contributed by atoms with E-state index in [-0.39, 0.29) is 0 Å². The number of hydrogen-bond donors (Lipinski definition) is 1. The highest BCUT2D eigenvalue weighted by atomic mass is 16.3. The van der Waals surface area contributed by atoms with Gasteiger partial charge in [0.1, 0.15) is 11.9 Å². The van der Waals surface area contributed by atoms with Crippen molar-refractivity contribution in [2.45, 2.75) is 37.8 Å². The van der Waals surface area contributed by atoms with Crippen LogP contribution in [0.3, 0.4) is 0 Å². The van der Waals surface area contributed by atoms with Gasteiger partial charge in [-0.15, -0.1) is 0 Å². The number of rotatable bonds is 4. The first-order valence-corrected chi connectivity index (χ1v) is 11.3. The summed E-state index contributed by atoms with van der Waals surface area (Å²) in [5.41, 5.74) is 4.59. The summed E-state index contributed by atoms with van der Waals surface area (Å²) in [6, 6.07) is 11.3. The van der Waals surface area contributed by atoms with Crippen LogP contribution in [0.1, 0.15) is 53.8 Å². The predicted molar refractivity (Wildman–Crippen MR) is 120 cm³/mol. The molecule has 2 aliphatic carbocycles. The van der Waals surface area contributed by atoms with Crippen molar-refractivity contribution < 1.29 is 5.11 Å². The Labute approximate surface area is 177 Å². The number of likely N-dealkylation sites (tertiary alicyclic amines) is 1. The lowest BCUT2D eigenvalue weighted by atomic mass is 9.86. The van der Waals surface area contributed by atoms with Crippen molar-refractivity contribution in [3.05, 3.63) is 71.3 Å². The van der Waals surface area contributed by atoms with E-state index in [0.29, 0.717) is 5.92 Å². The number of nitrogens with zero attached hydrogens (tertiary/aromatic N) is 3. The minimum Gasteiger partial charge on any atom is -0.385 e. The van der Waals surface area contributed by atoms with E-state index in [1.165, 1.54) is 22.8 Å². The lowest BCUT2D eigenvalue weighted by Crippen LogP contribution is -2.36. The number of hydrogen-bond acceptors (Lipinski definition) is 3. The molecule has 1 saturated carbocycles. The maximum Gasteiger partial charge on any atom is 0.137 e. The number of piperidine rings is 1. The predicted octanol–water partition coefficient (Wildman–Crippen LogP) is 4.65. The van der Waals surface area contributed by atoms with E-state index in [0.717, 1.165) is 50.1 Å². The Kier molecular flexibility index (Phi) is 4.32. The lowest BCUT2D eigenvalue weighted by Gasteiger charge is -2.35. The summed E-state index contributed by atoms with van der Waals surface area (Å²) in [5.74, 6) is 2.58. The number of aromatic nitrogens is 2. The zero-order valence-corrected chi connectivity index (χ0v) is 17.5. The summed E-state index contributed by atoms with van der Waals surface area (Å²) >= 11 is 0. The van der Waals surface area contributed by atoms with Crippen LogP contribution in [0, 0.1) is 11.8 Å². The summed E-state index contributed by atoms with van der Waals surface area (Å²) in [7, 11) is 1.96. The van der Waals surface area contributed by atoms with Crippen molar-refractivity contribution in [3.63, 3.8) is 0 Å². The van der Waals surface area contributed by atoms with Gasteiger partial charge in [-0.05, 0) is 83.6 Å². The second kappa shape index (κ2) is 7.07. The van der Waals surface area contributed by atoms with Gasteiger partial charge in [-0.3, -0.25) is 4.90 Å². The number of aliphatic hydroxyl groups is 1. The maximum absolute atomic E-state index is 10.8. The van der Waals surface area contributed by atoms with Crippen LogP contribution in [0.4, 0.5) is 0 Å². The highest BCUT2D eigenvalue weighted by Gasteiger charge is 2.41. The van der Waals surface area contributed by atoms with E-state index >= 15 is 0 Å². The van der Waals surface area contributed by atoms with E-state index in [1.54, 1.807) is 17.3 Å². The minimum absolute atomic E-state index is 0.291. The lowest BCUT2D eigenvalue weighted by molar-refractivity contribution is 0.0492. The Hall–Kier alpha value is -2.43. The quantitative estimate of drug-likeness (QED) is 0.694. The van der Waals surface area contributed by atoms with Crippen LogP contribution in [-0.2, 0) is 13.6 Å². The molecule has 1 aromatic heterocycles. The average molecular weight is 400 g/mol. The summed E-state index contributed by atoms with van der Waals surface area (Å²) < 4.78 is 1.94. The molecule has 30 heavy (non-hydrogen) atoms. The van der Waals surface area contributed by atoms with Crippen LogP contribution in [-0.4, -0.2) is 32.6 Å². The van der Waals surface area contributed by atoms with Gasteiger partial charge in [0.05, 0.1) is 0 Å². The van der Waals surface area contributed by atoms with E-state index in [4.69, 9.17) is 0 Å². The zero-order chi connectivity index (χ0) is 20.2. The fraction of sp³-hybridized carbons (Fsp3) is 0.423. The molecule has 3 aliphatic rings. The zero-order valence-electron chi connectivity index (χ0n) is 17.5. The number of aryl methyl sites for hydroxylation is 1. The van der Waals surface area contributed by atoms with Gasteiger partial charge in [0.15, 0.2) is 0 Å². The van der Waals surface area contributed by atoms with Gasteiger partial charge in [0.25, 0.3) is 0 Å². The van der Waals surface area contributed by atoms with Gasteiger partial charge in [-0.1, -0.05) is 36.4 Å². The number of benzene rings is 2. The average Bonchev–Trinajstić information content (AvgIpc) is 3.45. The SMILES string of the molecule is Cn1ccnc1C(O)C1CCN(Cc2c3c(cc4ccccc24)C=CC2CC32)CC1. The van der Waals surface area contributed by atoms with Crippen molar-refractivity contribution in [2.75, 3.05) is 13.1 Å². The fourth-order valence-corrected chi connectivity index (χ4v) is 5.72. The van der Waals surface area contributed by atoms with Crippen LogP contribution in [0.15, 0.2) is 48.8 Å². The van der Waals surface area contributed by atoms with Gasteiger partial charge in [0.2, 0.25) is 0 Å². The molecule has 0 bridgehead atoms. The molecule has 3 unspecified atom stereocenters. The third-order valence-electron chi connectivity index (χ3n) is 7.55. The molecule has 3 atom stereocenters. The Morgan fingerprint density at radius 1 is 1.20 bits per heavy atom.